The second-order valence-electron chi connectivity index (χ2n) is 6.04. The molecule has 1 atom stereocenters. The second kappa shape index (κ2) is 5.94. The fraction of sp³-hybridized carbons (Fsp3) is 0.294. The fourth-order valence-corrected chi connectivity index (χ4v) is 3.27. The van der Waals surface area contributed by atoms with Crippen LogP contribution in [-0.2, 0) is 31.9 Å². The molecule has 1 amide bonds. The average Bonchev–Trinajstić information content (AvgIpc) is 2.61. The van der Waals surface area contributed by atoms with Gasteiger partial charge in [0.2, 0.25) is 5.91 Å². The van der Waals surface area contributed by atoms with Gasteiger partial charge < -0.3 is 10.6 Å². The second-order valence-corrected chi connectivity index (χ2v) is 6.04. The molecule has 0 saturated carbocycles. The maximum atomic E-state index is 12.3. The van der Waals surface area contributed by atoms with E-state index in [1.807, 2.05) is 30.3 Å². The number of hydrogen-bond acceptors (Lipinski definition) is 5. The quantitative estimate of drug-likeness (QED) is 0.782. The minimum Gasteiger partial charge on any atom is -0.368 e. The van der Waals surface area contributed by atoms with Crippen LogP contribution in [0.1, 0.15) is 16.7 Å². The van der Waals surface area contributed by atoms with Gasteiger partial charge in [-0.1, -0.05) is 24.3 Å². The van der Waals surface area contributed by atoms with Crippen molar-refractivity contribution in [1.29, 1.82) is 5.26 Å². The van der Waals surface area contributed by atoms with Crippen LogP contribution in [0.4, 0.5) is 5.82 Å². The summed E-state index contributed by atoms with van der Waals surface area (Å²) in [5.41, 5.74) is 6.06. The van der Waals surface area contributed by atoms with E-state index >= 15 is 0 Å². The van der Waals surface area contributed by atoms with Crippen molar-refractivity contribution >= 4 is 11.7 Å². The zero-order valence-corrected chi connectivity index (χ0v) is 13.9. The van der Waals surface area contributed by atoms with E-state index in [1.165, 1.54) is 18.7 Å². The smallest absolute Gasteiger partial charge is 0.332 e. The molecular formula is C17H17N5O3. The summed E-state index contributed by atoms with van der Waals surface area (Å²) < 4.78 is 2.09. The van der Waals surface area contributed by atoms with Crippen molar-refractivity contribution in [3.8, 4) is 6.07 Å². The number of nitrogens with zero attached hydrogens (tertiary/aromatic N) is 4. The minimum absolute atomic E-state index is 0.119. The summed E-state index contributed by atoms with van der Waals surface area (Å²) in [5.74, 6) is -0.458. The van der Waals surface area contributed by atoms with E-state index in [1.54, 1.807) is 4.90 Å². The van der Waals surface area contributed by atoms with Crippen LogP contribution in [0.25, 0.3) is 0 Å². The van der Waals surface area contributed by atoms with Crippen molar-refractivity contribution in [2.75, 3.05) is 4.90 Å². The molecule has 8 heteroatoms. The van der Waals surface area contributed by atoms with Crippen molar-refractivity contribution in [2.45, 2.75) is 19.0 Å². The third-order valence-corrected chi connectivity index (χ3v) is 4.59. The lowest BCUT2D eigenvalue weighted by atomic mass is 9.93. The van der Waals surface area contributed by atoms with E-state index in [0.717, 1.165) is 15.7 Å². The van der Waals surface area contributed by atoms with Crippen LogP contribution in [0.3, 0.4) is 0 Å². The summed E-state index contributed by atoms with van der Waals surface area (Å²) in [6, 6.07) is 8.68. The standard InChI is InChI=1S/C17H17N5O3/c1-20-15(12(8-18)16(24)21(2)17(20)25)22-9-11-6-4-3-5-10(11)7-13(22)14(19)23/h3-6,13H,7,9H2,1-2H3,(H2,19,23)/t13-/m1/s1. The van der Waals surface area contributed by atoms with Crippen LogP contribution in [0.2, 0.25) is 0 Å². The van der Waals surface area contributed by atoms with Gasteiger partial charge in [0.25, 0.3) is 5.56 Å². The molecule has 0 unspecified atom stereocenters. The number of nitriles is 1. The van der Waals surface area contributed by atoms with Crippen LogP contribution >= 0.6 is 0 Å². The van der Waals surface area contributed by atoms with Crippen molar-refractivity contribution in [3.63, 3.8) is 0 Å². The van der Waals surface area contributed by atoms with E-state index in [4.69, 9.17) is 5.73 Å². The summed E-state index contributed by atoms with van der Waals surface area (Å²) in [6.45, 7) is 0.277. The molecule has 0 fully saturated rings. The fourth-order valence-electron chi connectivity index (χ4n) is 3.27. The Balaban J connectivity index is 2.28. The highest BCUT2D eigenvalue weighted by Crippen LogP contribution is 2.28. The number of carbonyl (C=O) groups is 1. The number of nitrogens with two attached hydrogens (primary N) is 1. The van der Waals surface area contributed by atoms with Crippen LogP contribution < -0.4 is 21.9 Å². The van der Waals surface area contributed by atoms with Gasteiger partial charge in [0.15, 0.2) is 5.56 Å². The topological polar surface area (TPSA) is 114 Å². The zero-order chi connectivity index (χ0) is 18.3. The number of carbonyl (C=O) groups excluding carboxylic acids is 1. The Bertz CT molecular complexity index is 1030. The van der Waals surface area contributed by atoms with E-state index in [9.17, 15) is 19.6 Å². The van der Waals surface area contributed by atoms with Crippen LogP contribution in [-0.4, -0.2) is 21.1 Å². The highest BCUT2D eigenvalue weighted by atomic mass is 16.2. The van der Waals surface area contributed by atoms with Gasteiger partial charge in [-0.2, -0.15) is 5.26 Å². The molecule has 1 aliphatic rings. The first kappa shape index (κ1) is 16.5. The first-order valence-corrected chi connectivity index (χ1v) is 7.69. The predicted octanol–water partition coefficient (Wildman–Crippen LogP) is -0.628. The number of anilines is 1. The summed E-state index contributed by atoms with van der Waals surface area (Å²) in [5, 5.41) is 9.47. The summed E-state index contributed by atoms with van der Waals surface area (Å²) in [4.78, 5) is 38.3. The van der Waals surface area contributed by atoms with E-state index in [2.05, 4.69) is 0 Å². The molecule has 3 rings (SSSR count). The lowest BCUT2D eigenvalue weighted by Crippen LogP contribution is -2.52. The molecule has 2 heterocycles. The van der Waals surface area contributed by atoms with Gasteiger partial charge in [0.1, 0.15) is 17.9 Å². The van der Waals surface area contributed by atoms with Crippen molar-refractivity contribution in [2.24, 2.45) is 19.8 Å². The number of hydrogen-bond donors (Lipinski definition) is 1. The zero-order valence-electron chi connectivity index (χ0n) is 13.9. The van der Waals surface area contributed by atoms with E-state index < -0.39 is 23.2 Å². The van der Waals surface area contributed by atoms with Gasteiger partial charge in [-0.3, -0.25) is 18.7 Å². The number of primary amides is 1. The van der Waals surface area contributed by atoms with Gasteiger partial charge in [-0.25, -0.2) is 4.79 Å². The van der Waals surface area contributed by atoms with Gasteiger partial charge in [0, 0.05) is 27.1 Å². The van der Waals surface area contributed by atoms with Crippen LogP contribution in [0.15, 0.2) is 33.9 Å². The molecule has 2 aromatic rings. The molecule has 1 aromatic heterocycles. The van der Waals surface area contributed by atoms with Crippen molar-refractivity contribution < 1.29 is 4.79 Å². The first-order chi connectivity index (χ1) is 11.9. The molecule has 0 saturated heterocycles. The normalized spacial score (nSPS) is 16.2. The molecule has 0 bridgehead atoms. The highest BCUT2D eigenvalue weighted by Gasteiger charge is 2.34. The maximum Gasteiger partial charge on any atom is 0.332 e. The molecule has 1 aliphatic heterocycles. The number of rotatable bonds is 2. The molecule has 0 aliphatic carbocycles. The predicted molar refractivity (Wildman–Crippen MR) is 91.0 cm³/mol. The third kappa shape index (κ3) is 2.50. The maximum absolute atomic E-state index is 12.3. The van der Waals surface area contributed by atoms with Crippen molar-refractivity contribution in [1.82, 2.24) is 9.13 Å². The molecule has 1 aromatic carbocycles. The van der Waals surface area contributed by atoms with Gasteiger partial charge in [-0.05, 0) is 11.1 Å². The first-order valence-electron chi connectivity index (χ1n) is 7.69. The SMILES string of the molecule is Cn1c(N2Cc3ccccc3C[C@@H]2C(N)=O)c(C#N)c(=O)n(C)c1=O. The Labute approximate surface area is 143 Å². The minimum atomic E-state index is -0.750. The van der Waals surface area contributed by atoms with Gasteiger partial charge >= 0.3 is 5.69 Å². The van der Waals surface area contributed by atoms with Crippen LogP contribution in [0, 0.1) is 11.3 Å². The van der Waals surface area contributed by atoms with Crippen molar-refractivity contribution in [3.05, 3.63) is 61.8 Å². The number of benzene rings is 1. The van der Waals surface area contributed by atoms with E-state index in [0.29, 0.717) is 6.42 Å². The molecule has 2 N–H and O–H groups in total. The largest absolute Gasteiger partial charge is 0.368 e. The number of aromatic nitrogens is 2. The lowest BCUT2D eigenvalue weighted by Gasteiger charge is -2.37. The molecule has 25 heavy (non-hydrogen) atoms. The molecule has 0 spiro atoms. The number of amides is 1. The summed E-state index contributed by atoms with van der Waals surface area (Å²) >= 11 is 0. The van der Waals surface area contributed by atoms with Gasteiger partial charge in [0.05, 0.1) is 0 Å². The Morgan fingerprint density at radius 2 is 1.84 bits per heavy atom. The Kier molecular flexibility index (Phi) is 3.93. The molecular weight excluding hydrogens is 322 g/mol. The summed E-state index contributed by atoms with van der Waals surface area (Å²) in [6.07, 6.45) is 0.347. The van der Waals surface area contributed by atoms with Gasteiger partial charge in [-0.15, -0.1) is 0 Å². The molecule has 8 nitrogen and oxygen atoms in total. The van der Waals surface area contributed by atoms with Crippen LogP contribution in [0.5, 0.6) is 0 Å². The average molecular weight is 339 g/mol. The third-order valence-electron chi connectivity index (χ3n) is 4.59. The highest BCUT2D eigenvalue weighted by molar-refractivity contribution is 5.85. The number of fused-ring (bicyclic) bond motifs is 1. The van der Waals surface area contributed by atoms with E-state index in [-0.39, 0.29) is 17.9 Å². The monoisotopic (exact) mass is 339 g/mol. The summed E-state index contributed by atoms with van der Waals surface area (Å²) in [7, 11) is 2.78. The Hall–Kier alpha value is -3.34. The Morgan fingerprint density at radius 1 is 1.20 bits per heavy atom. The molecule has 0 radical (unpaired) electrons. The Morgan fingerprint density at radius 3 is 2.44 bits per heavy atom. The lowest BCUT2D eigenvalue weighted by molar-refractivity contribution is -0.119. The molecule has 128 valence electrons.